The van der Waals surface area contributed by atoms with Crippen LogP contribution in [-0.4, -0.2) is 53.5 Å². The van der Waals surface area contributed by atoms with Gasteiger partial charge in [-0.3, -0.25) is 0 Å². The fraction of sp³-hybridized carbons (Fsp3) is 0.909. The molecule has 94 valence electrons. The van der Waals surface area contributed by atoms with Crippen molar-refractivity contribution in [2.75, 3.05) is 26.2 Å². The molecule has 0 aromatic heterocycles. The molecule has 1 atom stereocenters. The largest absolute Gasteiger partial charge is 0.449 e. The van der Waals surface area contributed by atoms with Crippen molar-refractivity contribution >= 4 is 6.09 Å². The van der Waals surface area contributed by atoms with E-state index in [1.54, 1.807) is 4.90 Å². The van der Waals surface area contributed by atoms with Gasteiger partial charge in [0.1, 0.15) is 0 Å². The second-order valence-electron chi connectivity index (χ2n) is 4.06. The maximum Gasteiger partial charge on any atom is 0.410 e. The van der Waals surface area contributed by atoms with E-state index >= 15 is 0 Å². The van der Waals surface area contributed by atoms with Crippen LogP contribution in [-0.2, 0) is 4.74 Å². The molecule has 1 amide bonds. The Labute approximate surface area is 96.9 Å². The van der Waals surface area contributed by atoms with Crippen LogP contribution in [0.1, 0.15) is 33.1 Å². The minimum Gasteiger partial charge on any atom is -0.449 e. The summed E-state index contributed by atoms with van der Waals surface area (Å²) in [4.78, 5) is 13.3. The lowest BCUT2D eigenvalue weighted by atomic mass is 10.1. The number of ether oxygens (including phenoxy) is 1. The van der Waals surface area contributed by atoms with Crippen LogP contribution in [0.4, 0.5) is 4.79 Å². The number of carbonyl (C=O) groups is 1. The Morgan fingerprint density at radius 1 is 1.56 bits per heavy atom. The predicted octanol–water partition coefficient (Wildman–Crippen LogP) is 1.71. The molecular weight excluding hydrogens is 208 g/mol. The molecule has 0 bridgehead atoms. The van der Waals surface area contributed by atoms with Gasteiger partial charge in [0.2, 0.25) is 0 Å². The summed E-state index contributed by atoms with van der Waals surface area (Å²) in [5.41, 5.74) is 0. The molecule has 5 nitrogen and oxygen atoms in total. The molecule has 0 spiro atoms. The summed E-state index contributed by atoms with van der Waals surface area (Å²) >= 11 is 0. The quantitative estimate of drug-likeness (QED) is 0.706. The second kappa shape index (κ2) is 6.70. The molecule has 0 aromatic rings. The van der Waals surface area contributed by atoms with Gasteiger partial charge < -0.3 is 14.8 Å². The maximum atomic E-state index is 11.5. The van der Waals surface area contributed by atoms with Crippen molar-refractivity contribution in [3.63, 3.8) is 0 Å². The van der Waals surface area contributed by atoms with Crippen LogP contribution in [0.2, 0.25) is 0 Å². The van der Waals surface area contributed by atoms with E-state index in [0.717, 1.165) is 25.8 Å². The van der Waals surface area contributed by atoms with Gasteiger partial charge in [0.15, 0.2) is 0 Å². The van der Waals surface area contributed by atoms with Crippen molar-refractivity contribution in [3.8, 4) is 0 Å². The minimum atomic E-state index is -0.209. The number of carbonyl (C=O) groups excluding carboxylic acids is 1. The lowest BCUT2D eigenvalue weighted by Gasteiger charge is -2.33. The van der Waals surface area contributed by atoms with Gasteiger partial charge in [-0.25, -0.2) is 4.79 Å². The average Bonchev–Trinajstić information content (AvgIpc) is 2.31. The molecule has 0 radical (unpaired) electrons. The summed E-state index contributed by atoms with van der Waals surface area (Å²) in [7, 11) is 0. The van der Waals surface area contributed by atoms with Crippen LogP contribution < -0.4 is 0 Å². The van der Waals surface area contributed by atoms with Crippen molar-refractivity contribution in [2.45, 2.75) is 39.2 Å². The Kier molecular flexibility index (Phi) is 5.55. The second-order valence-corrected chi connectivity index (χ2v) is 4.06. The molecule has 1 rings (SSSR count). The Balaban J connectivity index is 2.42. The molecular formula is C11H22N2O3. The minimum absolute atomic E-state index is 0.175. The first kappa shape index (κ1) is 13.3. The molecule has 0 aromatic carbocycles. The number of hydroxylamine groups is 2. The molecule has 1 heterocycles. The van der Waals surface area contributed by atoms with Gasteiger partial charge in [-0.2, -0.15) is 5.06 Å². The number of amides is 1. The van der Waals surface area contributed by atoms with Gasteiger partial charge in [-0.05, 0) is 19.3 Å². The van der Waals surface area contributed by atoms with E-state index in [-0.39, 0.29) is 12.1 Å². The SMILES string of the molecule is CCC(CCN(O)CC)N1CCCOC1=O. The zero-order valence-electron chi connectivity index (χ0n) is 10.2. The van der Waals surface area contributed by atoms with E-state index in [4.69, 9.17) is 4.74 Å². The van der Waals surface area contributed by atoms with E-state index < -0.39 is 0 Å². The molecule has 1 fully saturated rings. The van der Waals surface area contributed by atoms with E-state index in [1.807, 2.05) is 6.92 Å². The number of nitrogens with zero attached hydrogens (tertiary/aromatic N) is 2. The van der Waals surface area contributed by atoms with Crippen molar-refractivity contribution < 1.29 is 14.7 Å². The van der Waals surface area contributed by atoms with Gasteiger partial charge >= 0.3 is 6.09 Å². The van der Waals surface area contributed by atoms with Crippen LogP contribution >= 0.6 is 0 Å². The number of hydrogen-bond donors (Lipinski definition) is 1. The Bertz CT molecular complexity index is 223. The van der Waals surface area contributed by atoms with Crippen molar-refractivity contribution in [1.29, 1.82) is 0 Å². The zero-order chi connectivity index (χ0) is 12.0. The highest BCUT2D eigenvalue weighted by atomic mass is 16.6. The molecule has 0 saturated carbocycles. The molecule has 1 aliphatic heterocycles. The maximum absolute atomic E-state index is 11.5. The molecule has 0 aliphatic carbocycles. The fourth-order valence-electron chi connectivity index (χ4n) is 1.94. The Hall–Kier alpha value is -0.810. The summed E-state index contributed by atoms with van der Waals surface area (Å²) in [6, 6.07) is 0.175. The first-order chi connectivity index (χ1) is 7.69. The monoisotopic (exact) mass is 230 g/mol. The standard InChI is InChI=1S/C11H22N2O3/c1-3-10(6-8-12(15)4-2)13-7-5-9-16-11(13)14/h10,15H,3-9H2,1-2H3. The van der Waals surface area contributed by atoms with Crippen molar-refractivity contribution in [2.24, 2.45) is 0 Å². The molecule has 1 saturated heterocycles. The van der Waals surface area contributed by atoms with Crippen LogP contribution in [0, 0.1) is 0 Å². The lowest BCUT2D eigenvalue weighted by molar-refractivity contribution is -0.0908. The highest BCUT2D eigenvalue weighted by Gasteiger charge is 2.26. The van der Waals surface area contributed by atoms with Gasteiger partial charge in [0.05, 0.1) is 6.61 Å². The van der Waals surface area contributed by atoms with Crippen LogP contribution in [0.5, 0.6) is 0 Å². The van der Waals surface area contributed by atoms with Crippen LogP contribution in [0.15, 0.2) is 0 Å². The van der Waals surface area contributed by atoms with Crippen molar-refractivity contribution in [3.05, 3.63) is 0 Å². The van der Waals surface area contributed by atoms with E-state index in [9.17, 15) is 10.0 Å². The van der Waals surface area contributed by atoms with Gasteiger partial charge in [-0.1, -0.05) is 13.8 Å². The molecule has 1 unspecified atom stereocenters. The van der Waals surface area contributed by atoms with E-state index in [2.05, 4.69) is 6.92 Å². The highest BCUT2D eigenvalue weighted by Crippen LogP contribution is 2.15. The first-order valence-electron chi connectivity index (χ1n) is 6.06. The molecule has 16 heavy (non-hydrogen) atoms. The summed E-state index contributed by atoms with van der Waals surface area (Å²) < 4.78 is 5.02. The summed E-state index contributed by atoms with van der Waals surface area (Å²) in [6.45, 7) is 6.47. The third-order valence-corrected chi connectivity index (χ3v) is 3.00. The van der Waals surface area contributed by atoms with Gasteiger partial charge in [0, 0.05) is 25.7 Å². The van der Waals surface area contributed by atoms with Gasteiger partial charge in [0.25, 0.3) is 0 Å². The van der Waals surface area contributed by atoms with E-state index in [0.29, 0.717) is 19.7 Å². The smallest absolute Gasteiger partial charge is 0.410 e. The Morgan fingerprint density at radius 3 is 2.88 bits per heavy atom. The van der Waals surface area contributed by atoms with Crippen LogP contribution in [0.25, 0.3) is 0 Å². The summed E-state index contributed by atoms with van der Waals surface area (Å²) in [6.07, 6.45) is 2.38. The van der Waals surface area contributed by atoms with Crippen molar-refractivity contribution in [1.82, 2.24) is 9.96 Å². The summed E-state index contributed by atoms with van der Waals surface area (Å²) in [5.74, 6) is 0. The average molecular weight is 230 g/mol. The first-order valence-corrected chi connectivity index (χ1v) is 6.06. The van der Waals surface area contributed by atoms with E-state index in [1.165, 1.54) is 5.06 Å². The zero-order valence-corrected chi connectivity index (χ0v) is 10.2. The predicted molar refractivity (Wildman–Crippen MR) is 60.4 cm³/mol. The highest BCUT2D eigenvalue weighted by molar-refractivity contribution is 5.68. The molecule has 1 N–H and O–H groups in total. The third-order valence-electron chi connectivity index (χ3n) is 3.00. The topological polar surface area (TPSA) is 53.0 Å². The van der Waals surface area contributed by atoms with Gasteiger partial charge in [-0.15, -0.1) is 0 Å². The summed E-state index contributed by atoms with van der Waals surface area (Å²) in [5, 5.41) is 10.6. The molecule has 5 heteroatoms. The molecule has 1 aliphatic rings. The normalized spacial score (nSPS) is 18.8. The van der Waals surface area contributed by atoms with Crippen LogP contribution in [0.3, 0.4) is 0 Å². The fourth-order valence-corrected chi connectivity index (χ4v) is 1.94. The number of rotatable bonds is 6. The Morgan fingerprint density at radius 2 is 2.31 bits per heavy atom. The number of hydrogen-bond acceptors (Lipinski definition) is 4. The number of cyclic esters (lactones) is 1. The third kappa shape index (κ3) is 3.64. The lowest BCUT2D eigenvalue weighted by Crippen LogP contribution is -2.45.